The van der Waals surface area contributed by atoms with Crippen LogP contribution in [-0.2, 0) is 6.42 Å². The van der Waals surface area contributed by atoms with Gasteiger partial charge in [-0.2, -0.15) is 0 Å². The van der Waals surface area contributed by atoms with E-state index in [0.717, 1.165) is 54.3 Å². The van der Waals surface area contributed by atoms with Crippen LogP contribution in [0.15, 0.2) is 48.1 Å². The van der Waals surface area contributed by atoms with Crippen molar-refractivity contribution in [1.29, 1.82) is 0 Å². The standard InChI is InChI=1S/C20H22N4OS/c1-15-9-12-26-19(15)20(25)23-10-7-16(8-11-23)13-18-22-21-14-24(18)17-5-3-2-4-6-17/h2-6,9,12,14,16H,7-8,10-11,13H2,1H3. The molecule has 1 aromatic carbocycles. The molecule has 1 aliphatic heterocycles. The number of aryl methyl sites for hydroxylation is 1. The molecule has 1 amide bonds. The number of para-hydroxylation sites is 1. The first-order chi connectivity index (χ1) is 12.7. The Morgan fingerprint density at radius 1 is 1.19 bits per heavy atom. The van der Waals surface area contributed by atoms with Crippen LogP contribution in [0.5, 0.6) is 0 Å². The molecule has 0 N–H and O–H groups in total. The molecule has 0 radical (unpaired) electrons. The summed E-state index contributed by atoms with van der Waals surface area (Å²) in [7, 11) is 0. The number of likely N-dealkylation sites (tertiary alicyclic amines) is 1. The number of aromatic nitrogens is 3. The number of piperidine rings is 1. The summed E-state index contributed by atoms with van der Waals surface area (Å²) in [5.74, 6) is 1.72. The molecule has 1 fully saturated rings. The zero-order chi connectivity index (χ0) is 17.9. The lowest BCUT2D eigenvalue weighted by Crippen LogP contribution is -2.39. The van der Waals surface area contributed by atoms with E-state index in [1.54, 1.807) is 17.7 Å². The van der Waals surface area contributed by atoms with Gasteiger partial charge in [0.25, 0.3) is 5.91 Å². The molecule has 4 rings (SSSR count). The topological polar surface area (TPSA) is 51.0 Å². The van der Waals surface area contributed by atoms with Gasteiger partial charge in [0.2, 0.25) is 0 Å². The Kier molecular flexibility index (Phi) is 4.84. The fraction of sp³-hybridized carbons (Fsp3) is 0.350. The number of amides is 1. The number of rotatable bonds is 4. The smallest absolute Gasteiger partial charge is 0.264 e. The highest BCUT2D eigenvalue weighted by atomic mass is 32.1. The van der Waals surface area contributed by atoms with Crippen molar-refractivity contribution in [3.05, 3.63) is 64.4 Å². The first-order valence-electron chi connectivity index (χ1n) is 9.00. The predicted molar refractivity (Wildman–Crippen MR) is 103 cm³/mol. The number of carbonyl (C=O) groups is 1. The normalized spacial score (nSPS) is 15.3. The molecule has 0 atom stereocenters. The maximum atomic E-state index is 12.7. The van der Waals surface area contributed by atoms with E-state index in [0.29, 0.717) is 5.92 Å². The number of carbonyl (C=O) groups excluding carboxylic acids is 1. The van der Waals surface area contributed by atoms with E-state index >= 15 is 0 Å². The summed E-state index contributed by atoms with van der Waals surface area (Å²) < 4.78 is 2.06. The predicted octanol–water partition coefficient (Wildman–Crippen LogP) is 3.73. The van der Waals surface area contributed by atoms with Crippen LogP contribution >= 0.6 is 11.3 Å². The van der Waals surface area contributed by atoms with E-state index in [-0.39, 0.29) is 5.91 Å². The molecule has 3 aromatic rings. The summed E-state index contributed by atoms with van der Waals surface area (Å²) in [4.78, 5) is 15.5. The van der Waals surface area contributed by atoms with Crippen LogP contribution < -0.4 is 0 Å². The highest BCUT2D eigenvalue weighted by molar-refractivity contribution is 7.12. The minimum absolute atomic E-state index is 0.184. The van der Waals surface area contributed by atoms with E-state index in [1.807, 2.05) is 41.5 Å². The Morgan fingerprint density at radius 3 is 2.65 bits per heavy atom. The number of hydrogen-bond acceptors (Lipinski definition) is 4. The Morgan fingerprint density at radius 2 is 1.96 bits per heavy atom. The molecule has 1 saturated heterocycles. The molecule has 0 bridgehead atoms. The second-order valence-corrected chi connectivity index (χ2v) is 7.74. The van der Waals surface area contributed by atoms with Crippen LogP contribution in [0.3, 0.4) is 0 Å². The van der Waals surface area contributed by atoms with Gasteiger partial charge in [-0.25, -0.2) is 0 Å². The van der Waals surface area contributed by atoms with Gasteiger partial charge in [0.15, 0.2) is 0 Å². The summed E-state index contributed by atoms with van der Waals surface area (Å²) in [6, 6.07) is 12.2. The molecule has 5 nitrogen and oxygen atoms in total. The van der Waals surface area contributed by atoms with E-state index in [1.165, 1.54) is 0 Å². The molecular weight excluding hydrogens is 344 g/mol. The van der Waals surface area contributed by atoms with Gasteiger partial charge in [-0.1, -0.05) is 18.2 Å². The molecule has 0 saturated carbocycles. The monoisotopic (exact) mass is 366 g/mol. The van der Waals surface area contributed by atoms with Crippen LogP contribution in [0, 0.1) is 12.8 Å². The summed E-state index contributed by atoms with van der Waals surface area (Å²) >= 11 is 1.54. The van der Waals surface area contributed by atoms with Gasteiger partial charge in [-0.3, -0.25) is 9.36 Å². The van der Waals surface area contributed by atoms with Gasteiger partial charge in [0, 0.05) is 25.2 Å². The van der Waals surface area contributed by atoms with E-state index < -0.39 is 0 Å². The molecule has 26 heavy (non-hydrogen) atoms. The highest BCUT2D eigenvalue weighted by Gasteiger charge is 2.26. The minimum atomic E-state index is 0.184. The van der Waals surface area contributed by atoms with Crippen molar-refractivity contribution in [3.63, 3.8) is 0 Å². The van der Waals surface area contributed by atoms with Crippen molar-refractivity contribution in [2.45, 2.75) is 26.2 Å². The summed E-state index contributed by atoms with van der Waals surface area (Å²) in [6.45, 7) is 3.65. The van der Waals surface area contributed by atoms with Gasteiger partial charge < -0.3 is 4.90 Å². The number of hydrogen-bond donors (Lipinski definition) is 0. The molecule has 3 heterocycles. The fourth-order valence-corrected chi connectivity index (χ4v) is 4.43. The third kappa shape index (κ3) is 3.42. The van der Waals surface area contributed by atoms with Gasteiger partial charge in [-0.15, -0.1) is 21.5 Å². The average Bonchev–Trinajstić information content (AvgIpc) is 3.31. The molecule has 1 aliphatic rings. The molecule has 0 aliphatic carbocycles. The molecule has 2 aromatic heterocycles. The van der Waals surface area contributed by atoms with Crippen molar-refractivity contribution >= 4 is 17.2 Å². The first-order valence-corrected chi connectivity index (χ1v) is 9.88. The largest absolute Gasteiger partial charge is 0.338 e. The minimum Gasteiger partial charge on any atom is -0.338 e. The average molecular weight is 366 g/mol. The fourth-order valence-electron chi connectivity index (χ4n) is 3.54. The maximum absolute atomic E-state index is 12.7. The molecule has 134 valence electrons. The van der Waals surface area contributed by atoms with Gasteiger partial charge in [0.1, 0.15) is 12.2 Å². The van der Waals surface area contributed by atoms with Crippen LogP contribution in [0.4, 0.5) is 0 Å². The van der Waals surface area contributed by atoms with Crippen LogP contribution in [0.25, 0.3) is 5.69 Å². The van der Waals surface area contributed by atoms with E-state index in [2.05, 4.69) is 26.9 Å². The lowest BCUT2D eigenvalue weighted by atomic mass is 9.93. The second-order valence-electron chi connectivity index (χ2n) is 6.83. The van der Waals surface area contributed by atoms with Gasteiger partial charge in [-0.05, 0) is 54.8 Å². The SMILES string of the molecule is Cc1ccsc1C(=O)N1CCC(Cc2nncn2-c2ccccc2)CC1. The Bertz CT molecular complexity index is 878. The summed E-state index contributed by atoms with van der Waals surface area (Å²) in [6.07, 6.45) is 4.70. The van der Waals surface area contributed by atoms with Gasteiger partial charge >= 0.3 is 0 Å². The summed E-state index contributed by atoms with van der Waals surface area (Å²) in [5.41, 5.74) is 2.17. The maximum Gasteiger partial charge on any atom is 0.264 e. The van der Waals surface area contributed by atoms with E-state index in [4.69, 9.17) is 0 Å². The summed E-state index contributed by atoms with van der Waals surface area (Å²) in [5, 5.41) is 10.4. The number of benzene rings is 1. The molecule has 0 unspecified atom stereocenters. The lowest BCUT2D eigenvalue weighted by Gasteiger charge is -2.31. The molecule has 6 heteroatoms. The lowest BCUT2D eigenvalue weighted by molar-refractivity contribution is 0.0694. The number of thiophene rings is 1. The van der Waals surface area contributed by atoms with Gasteiger partial charge in [0.05, 0.1) is 4.88 Å². The van der Waals surface area contributed by atoms with Crippen LogP contribution in [0.1, 0.15) is 33.9 Å². The highest BCUT2D eigenvalue weighted by Crippen LogP contribution is 2.25. The Balaban J connectivity index is 1.39. The Labute approximate surface area is 157 Å². The zero-order valence-electron chi connectivity index (χ0n) is 14.8. The quantitative estimate of drug-likeness (QED) is 0.707. The van der Waals surface area contributed by atoms with Crippen molar-refractivity contribution in [1.82, 2.24) is 19.7 Å². The van der Waals surface area contributed by atoms with Crippen molar-refractivity contribution in [3.8, 4) is 5.69 Å². The Hall–Kier alpha value is -2.47. The van der Waals surface area contributed by atoms with Crippen LogP contribution in [-0.4, -0.2) is 38.7 Å². The van der Waals surface area contributed by atoms with Crippen molar-refractivity contribution in [2.75, 3.05) is 13.1 Å². The van der Waals surface area contributed by atoms with Crippen molar-refractivity contribution < 1.29 is 4.79 Å². The van der Waals surface area contributed by atoms with Crippen molar-refractivity contribution in [2.24, 2.45) is 5.92 Å². The number of nitrogens with zero attached hydrogens (tertiary/aromatic N) is 4. The second kappa shape index (κ2) is 7.41. The molecule has 0 spiro atoms. The third-order valence-corrected chi connectivity index (χ3v) is 6.09. The van der Waals surface area contributed by atoms with Crippen LogP contribution in [0.2, 0.25) is 0 Å². The zero-order valence-corrected chi connectivity index (χ0v) is 15.7. The molecular formula is C20H22N4OS. The third-order valence-electron chi connectivity index (χ3n) is 5.08. The van der Waals surface area contributed by atoms with E-state index in [9.17, 15) is 4.79 Å². The first kappa shape index (κ1) is 17.0.